The maximum atomic E-state index is 12.5. The second-order valence-electron chi connectivity index (χ2n) is 6.33. The number of aromatic nitrogens is 6. The first-order valence-corrected chi connectivity index (χ1v) is 9.90. The van der Waals surface area contributed by atoms with Gasteiger partial charge in [0.15, 0.2) is 5.16 Å². The van der Waals surface area contributed by atoms with Gasteiger partial charge in [-0.2, -0.15) is 0 Å². The summed E-state index contributed by atoms with van der Waals surface area (Å²) in [5, 5.41) is 9.77. The van der Waals surface area contributed by atoms with E-state index in [1.54, 1.807) is 11.3 Å². The summed E-state index contributed by atoms with van der Waals surface area (Å²) in [6.07, 6.45) is 0. The molecular weight excluding hydrogens is 368 g/mol. The number of rotatable bonds is 3. The molecule has 0 unspecified atom stereocenters. The first-order valence-electron chi connectivity index (χ1n) is 8.21. The molecule has 0 aliphatic rings. The van der Waals surface area contributed by atoms with Gasteiger partial charge in [-0.15, -0.1) is 21.5 Å². The number of thioether (sulfide) groups is 1. The monoisotopic (exact) mass is 386 g/mol. The summed E-state index contributed by atoms with van der Waals surface area (Å²) in [6.45, 7) is 9.91. The van der Waals surface area contributed by atoms with Crippen molar-refractivity contribution < 1.29 is 0 Å². The fourth-order valence-electron chi connectivity index (χ4n) is 2.95. The lowest BCUT2D eigenvalue weighted by Crippen LogP contribution is -2.12. The maximum Gasteiger partial charge on any atom is 0.259 e. The number of fused-ring (bicyclic) bond motifs is 2. The molecule has 0 spiro atoms. The summed E-state index contributed by atoms with van der Waals surface area (Å²) in [4.78, 5) is 26.4. The molecule has 0 bridgehead atoms. The number of nitrogens with one attached hydrogen (secondary N) is 1. The van der Waals surface area contributed by atoms with Crippen molar-refractivity contribution in [1.29, 1.82) is 0 Å². The zero-order valence-electron chi connectivity index (χ0n) is 15.1. The van der Waals surface area contributed by atoms with Gasteiger partial charge in [0.2, 0.25) is 0 Å². The van der Waals surface area contributed by atoms with Gasteiger partial charge in [-0.25, -0.2) is 9.97 Å². The van der Waals surface area contributed by atoms with E-state index < -0.39 is 0 Å². The van der Waals surface area contributed by atoms with Gasteiger partial charge in [0, 0.05) is 16.3 Å². The molecule has 4 rings (SSSR count). The number of nitrogens with zero attached hydrogens (tertiary/aromatic N) is 5. The van der Waals surface area contributed by atoms with Gasteiger partial charge >= 0.3 is 0 Å². The lowest BCUT2D eigenvalue weighted by molar-refractivity contribution is 0.864. The number of aryl methyl sites for hydroxylation is 4. The predicted octanol–water partition coefficient (Wildman–Crippen LogP) is 3.51. The van der Waals surface area contributed by atoms with E-state index in [1.165, 1.54) is 11.8 Å². The van der Waals surface area contributed by atoms with E-state index >= 15 is 0 Å². The lowest BCUT2D eigenvalue weighted by atomic mass is 10.2. The van der Waals surface area contributed by atoms with Crippen molar-refractivity contribution >= 4 is 39.1 Å². The smallest absolute Gasteiger partial charge is 0.259 e. The molecule has 0 saturated heterocycles. The number of hydrogen-bond donors (Lipinski definition) is 1. The van der Waals surface area contributed by atoms with E-state index in [4.69, 9.17) is 0 Å². The zero-order chi connectivity index (χ0) is 18.6. The molecule has 4 aromatic heterocycles. The van der Waals surface area contributed by atoms with Crippen LogP contribution in [0.3, 0.4) is 0 Å². The van der Waals surface area contributed by atoms with Gasteiger partial charge in [-0.05, 0) is 46.2 Å². The fourth-order valence-corrected chi connectivity index (χ4v) is 4.95. The number of aromatic amines is 1. The highest BCUT2D eigenvalue weighted by molar-refractivity contribution is 7.99. The third kappa shape index (κ3) is 2.71. The number of hydrogen-bond acceptors (Lipinski definition) is 7. The van der Waals surface area contributed by atoms with Gasteiger partial charge in [0.05, 0.1) is 10.6 Å². The minimum Gasteiger partial charge on any atom is -0.309 e. The van der Waals surface area contributed by atoms with Crippen molar-refractivity contribution in [3.8, 4) is 0 Å². The molecule has 0 amide bonds. The Labute approximate surface area is 157 Å². The van der Waals surface area contributed by atoms with Gasteiger partial charge in [0.25, 0.3) is 11.3 Å². The Bertz CT molecular complexity index is 1210. The van der Waals surface area contributed by atoms with Crippen molar-refractivity contribution in [1.82, 2.24) is 29.5 Å². The molecule has 0 saturated carbocycles. The molecule has 134 valence electrons. The van der Waals surface area contributed by atoms with Crippen LogP contribution in [-0.4, -0.2) is 29.5 Å². The topological polar surface area (TPSA) is 88.8 Å². The summed E-state index contributed by atoms with van der Waals surface area (Å²) in [5.74, 6) is 1.22. The van der Waals surface area contributed by atoms with Crippen molar-refractivity contribution in [3.05, 3.63) is 44.1 Å². The van der Waals surface area contributed by atoms with Gasteiger partial charge in [-0.3, -0.25) is 9.20 Å². The van der Waals surface area contributed by atoms with Crippen LogP contribution in [-0.2, 0) is 0 Å². The normalized spacial score (nSPS) is 13.0. The molecule has 0 fully saturated rings. The summed E-state index contributed by atoms with van der Waals surface area (Å²) in [7, 11) is 0. The van der Waals surface area contributed by atoms with Crippen LogP contribution in [0.4, 0.5) is 0 Å². The highest BCUT2D eigenvalue weighted by Crippen LogP contribution is 2.34. The Hall–Kier alpha value is -2.26. The molecular formula is C17H18N6OS2. The Morgan fingerprint density at radius 1 is 1.19 bits per heavy atom. The highest BCUT2D eigenvalue weighted by atomic mass is 32.2. The van der Waals surface area contributed by atoms with E-state index in [0.29, 0.717) is 17.0 Å². The van der Waals surface area contributed by atoms with Crippen molar-refractivity contribution in [2.45, 2.75) is 45.0 Å². The number of H-pyrrole nitrogens is 1. The molecule has 0 aliphatic carbocycles. The van der Waals surface area contributed by atoms with Crippen LogP contribution >= 0.6 is 23.1 Å². The van der Waals surface area contributed by atoms with Crippen LogP contribution in [0.2, 0.25) is 0 Å². The maximum absolute atomic E-state index is 12.5. The van der Waals surface area contributed by atoms with Crippen molar-refractivity contribution in [3.63, 3.8) is 0 Å². The largest absolute Gasteiger partial charge is 0.309 e. The average Bonchev–Trinajstić information content (AvgIpc) is 3.09. The van der Waals surface area contributed by atoms with Crippen LogP contribution in [0.15, 0.2) is 16.0 Å². The van der Waals surface area contributed by atoms with Crippen LogP contribution in [0.25, 0.3) is 16.0 Å². The molecule has 0 aromatic carbocycles. The van der Waals surface area contributed by atoms with E-state index in [1.807, 2.05) is 45.1 Å². The van der Waals surface area contributed by atoms with E-state index in [2.05, 4.69) is 25.1 Å². The Morgan fingerprint density at radius 2 is 1.96 bits per heavy atom. The van der Waals surface area contributed by atoms with Crippen molar-refractivity contribution in [2.24, 2.45) is 0 Å². The number of thiophene rings is 1. The van der Waals surface area contributed by atoms with Crippen LogP contribution in [0.5, 0.6) is 0 Å². The molecule has 4 heterocycles. The molecule has 26 heavy (non-hydrogen) atoms. The molecule has 9 heteroatoms. The van der Waals surface area contributed by atoms with Crippen LogP contribution in [0, 0.1) is 27.7 Å². The third-order valence-electron chi connectivity index (χ3n) is 4.39. The quantitative estimate of drug-likeness (QED) is 0.542. The van der Waals surface area contributed by atoms with Crippen LogP contribution in [0.1, 0.15) is 39.8 Å². The van der Waals surface area contributed by atoms with Crippen molar-refractivity contribution in [2.75, 3.05) is 0 Å². The lowest BCUT2D eigenvalue weighted by Gasteiger charge is -2.10. The average molecular weight is 387 g/mol. The molecule has 1 N–H and O–H groups in total. The van der Waals surface area contributed by atoms with E-state index in [0.717, 1.165) is 31.8 Å². The van der Waals surface area contributed by atoms with E-state index in [9.17, 15) is 4.79 Å². The molecule has 4 aromatic rings. The Balaban J connectivity index is 1.74. The predicted molar refractivity (Wildman–Crippen MR) is 104 cm³/mol. The van der Waals surface area contributed by atoms with Gasteiger partial charge in [0.1, 0.15) is 10.7 Å². The highest BCUT2D eigenvalue weighted by Gasteiger charge is 2.19. The first kappa shape index (κ1) is 17.2. The Morgan fingerprint density at radius 3 is 2.73 bits per heavy atom. The second kappa shape index (κ2) is 6.17. The van der Waals surface area contributed by atoms with Gasteiger partial charge in [-0.1, -0.05) is 11.8 Å². The third-order valence-corrected chi connectivity index (χ3v) is 6.54. The zero-order valence-corrected chi connectivity index (χ0v) is 16.7. The summed E-state index contributed by atoms with van der Waals surface area (Å²) in [5.41, 5.74) is 2.85. The summed E-state index contributed by atoms with van der Waals surface area (Å²) < 4.78 is 1.92. The summed E-state index contributed by atoms with van der Waals surface area (Å²) in [6, 6.07) is 1.99. The first-order chi connectivity index (χ1) is 12.3. The SMILES string of the molecule is Cc1cc(C)n2c(S[C@H](C)c3nc4sc(C)c(C)c4c(=O)[nH]3)nnc2n1. The minimum atomic E-state index is -0.0844. The van der Waals surface area contributed by atoms with Gasteiger partial charge < -0.3 is 4.98 Å². The molecule has 1 atom stereocenters. The van der Waals surface area contributed by atoms with E-state index in [-0.39, 0.29) is 10.8 Å². The second-order valence-corrected chi connectivity index (χ2v) is 8.84. The molecule has 0 aliphatic heterocycles. The Kier molecular flexibility index (Phi) is 4.07. The minimum absolute atomic E-state index is 0.0806. The summed E-state index contributed by atoms with van der Waals surface area (Å²) >= 11 is 3.06. The molecule has 7 nitrogen and oxygen atoms in total. The fraction of sp³-hybridized carbons (Fsp3) is 0.353. The standard InChI is InChI=1S/C17H18N6OS2/c1-7-6-8(2)23-16(18-7)21-22-17(23)26-11(5)13-19-14(24)12-9(3)10(4)25-15(12)20-13/h6,11H,1-5H3,(H,19,20,24)/t11-/m1/s1. The van der Waals surface area contributed by atoms with Crippen LogP contribution < -0.4 is 5.56 Å². The molecule has 0 radical (unpaired) electrons.